The summed E-state index contributed by atoms with van der Waals surface area (Å²) in [5.41, 5.74) is 7.04. The summed E-state index contributed by atoms with van der Waals surface area (Å²) in [5, 5.41) is 2.05. The van der Waals surface area contributed by atoms with E-state index in [4.69, 9.17) is 24.7 Å². The van der Waals surface area contributed by atoms with E-state index in [1.54, 1.807) is 18.2 Å². The van der Waals surface area contributed by atoms with Crippen molar-refractivity contribution < 1.29 is 47.7 Å². The highest BCUT2D eigenvalue weighted by atomic mass is 32.2. The van der Waals surface area contributed by atoms with Gasteiger partial charge >= 0.3 is 17.9 Å². The molecule has 14 heteroatoms. The van der Waals surface area contributed by atoms with Gasteiger partial charge in [0.15, 0.2) is 11.5 Å². The van der Waals surface area contributed by atoms with Crippen molar-refractivity contribution >= 4 is 41.5 Å². The van der Waals surface area contributed by atoms with E-state index in [9.17, 15) is 24.0 Å². The number of fused-ring (bicyclic) bond motifs is 2. The molecule has 3 atom stereocenters. The number of rotatable bonds is 9. The van der Waals surface area contributed by atoms with Gasteiger partial charge in [0.2, 0.25) is 19.5 Å². The Balaban J connectivity index is 1.43. The monoisotopic (exact) mass is 535 g/mol. The van der Waals surface area contributed by atoms with Crippen molar-refractivity contribution in [1.29, 1.82) is 0 Å². The summed E-state index contributed by atoms with van der Waals surface area (Å²) >= 11 is 1.28. The predicted octanol–water partition coefficient (Wildman–Crippen LogP) is -0.434. The van der Waals surface area contributed by atoms with Gasteiger partial charge in [-0.25, -0.2) is 4.79 Å². The first-order valence-corrected chi connectivity index (χ1v) is 12.3. The van der Waals surface area contributed by atoms with Crippen LogP contribution in [0.1, 0.15) is 19.4 Å². The molecule has 1 fully saturated rings. The van der Waals surface area contributed by atoms with E-state index < -0.39 is 54.0 Å². The number of thioether (sulfide) groups is 1. The second-order valence-corrected chi connectivity index (χ2v) is 9.38. The van der Waals surface area contributed by atoms with Crippen molar-refractivity contribution in [2.24, 2.45) is 5.73 Å². The molecule has 198 valence electrons. The summed E-state index contributed by atoms with van der Waals surface area (Å²) in [6.07, 6.45) is 0.154. The average Bonchev–Trinajstić information content (AvgIpc) is 3.34. The van der Waals surface area contributed by atoms with Gasteiger partial charge in [-0.3, -0.25) is 24.1 Å². The molecule has 13 nitrogen and oxygen atoms in total. The molecule has 1 saturated heterocycles. The second-order valence-electron chi connectivity index (χ2n) is 8.28. The Morgan fingerprint density at radius 2 is 1.92 bits per heavy atom. The first-order valence-electron chi connectivity index (χ1n) is 11.2. The molecule has 2 amide bonds. The molecule has 1 aromatic carbocycles. The Kier molecular flexibility index (Phi) is 7.88. The summed E-state index contributed by atoms with van der Waals surface area (Å²) < 4.78 is 25.4. The highest BCUT2D eigenvalue weighted by Gasteiger charge is 2.54. The number of nitrogens with one attached hydrogen (secondary N) is 1. The SMILES string of the molecule is CC(=O)OCOC(=O)C1=C(COC(C)=O)CS[C@@H]2[C@H](NC(=O)C(N)Cc3cccc4c3OCO4)C(=O)N12. The highest BCUT2D eigenvalue weighted by Crippen LogP contribution is 2.41. The van der Waals surface area contributed by atoms with Crippen molar-refractivity contribution in [3.05, 3.63) is 35.0 Å². The van der Waals surface area contributed by atoms with Crippen LogP contribution in [0.2, 0.25) is 0 Å². The lowest BCUT2D eigenvalue weighted by molar-refractivity contribution is -0.167. The van der Waals surface area contributed by atoms with Gasteiger partial charge in [0.1, 0.15) is 23.7 Å². The minimum absolute atomic E-state index is 0.0811. The van der Waals surface area contributed by atoms with Crippen molar-refractivity contribution in [3.8, 4) is 11.5 Å². The molecule has 1 unspecified atom stereocenters. The number of carbonyl (C=O) groups excluding carboxylic acids is 5. The van der Waals surface area contributed by atoms with Crippen LogP contribution in [0.15, 0.2) is 29.5 Å². The van der Waals surface area contributed by atoms with Crippen LogP contribution in [0.4, 0.5) is 0 Å². The molecule has 0 aliphatic carbocycles. The molecule has 0 aromatic heterocycles. The summed E-state index contributed by atoms with van der Waals surface area (Å²) in [6, 6.07) is 3.38. The Bertz CT molecular complexity index is 1170. The zero-order chi connectivity index (χ0) is 26.7. The first-order chi connectivity index (χ1) is 17.7. The maximum Gasteiger partial charge on any atom is 0.358 e. The highest BCUT2D eigenvalue weighted by molar-refractivity contribution is 8.00. The van der Waals surface area contributed by atoms with Gasteiger partial charge < -0.3 is 34.7 Å². The van der Waals surface area contributed by atoms with Gasteiger partial charge in [-0.05, 0) is 6.07 Å². The third kappa shape index (κ3) is 5.64. The number of benzene rings is 1. The van der Waals surface area contributed by atoms with Gasteiger partial charge in [-0.1, -0.05) is 12.1 Å². The van der Waals surface area contributed by atoms with Crippen LogP contribution in [0.3, 0.4) is 0 Å². The molecule has 0 bridgehead atoms. The fraction of sp³-hybridized carbons (Fsp3) is 0.435. The number of hydrogen-bond acceptors (Lipinski definition) is 12. The fourth-order valence-corrected chi connectivity index (χ4v) is 5.27. The van der Waals surface area contributed by atoms with E-state index in [1.807, 2.05) is 0 Å². The Labute approximate surface area is 215 Å². The maximum absolute atomic E-state index is 13.0. The summed E-state index contributed by atoms with van der Waals surface area (Å²) in [7, 11) is 0. The lowest BCUT2D eigenvalue weighted by atomic mass is 10.0. The van der Waals surface area contributed by atoms with Crippen LogP contribution in [-0.2, 0) is 44.6 Å². The third-order valence-corrected chi connectivity index (χ3v) is 7.03. The normalized spacial score (nSPS) is 20.4. The predicted molar refractivity (Wildman–Crippen MR) is 126 cm³/mol. The summed E-state index contributed by atoms with van der Waals surface area (Å²) in [5.74, 6) is -1.94. The van der Waals surface area contributed by atoms with Crippen LogP contribution in [-0.4, -0.2) is 78.0 Å². The number of β-lactam (4-membered cyclic amide) rings is 1. The number of nitrogens with two attached hydrogens (primary N) is 1. The largest absolute Gasteiger partial charge is 0.461 e. The Morgan fingerprint density at radius 1 is 1.16 bits per heavy atom. The molecule has 3 heterocycles. The molecule has 3 aliphatic rings. The minimum atomic E-state index is -0.977. The molecule has 0 radical (unpaired) electrons. The van der Waals surface area contributed by atoms with Gasteiger partial charge in [-0.15, -0.1) is 11.8 Å². The third-order valence-electron chi connectivity index (χ3n) is 5.69. The van der Waals surface area contributed by atoms with Gasteiger partial charge in [0.25, 0.3) is 5.91 Å². The molecule has 0 saturated carbocycles. The quantitative estimate of drug-likeness (QED) is 0.238. The van der Waals surface area contributed by atoms with Gasteiger partial charge in [0, 0.05) is 37.2 Å². The van der Waals surface area contributed by atoms with Gasteiger partial charge in [0.05, 0.1) is 6.04 Å². The molecular weight excluding hydrogens is 510 g/mol. The van der Waals surface area contributed by atoms with E-state index in [2.05, 4.69) is 10.1 Å². The number of nitrogens with zero attached hydrogens (tertiary/aromatic N) is 1. The Morgan fingerprint density at radius 3 is 2.65 bits per heavy atom. The number of carbonyl (C=O) groups is 5. The topological polar surface area (TPSA) is 173 Å². The summed E-state index contributed by atoms with van der Waals surface area (Å²) in [4.78, 5) is 62.1. The summed E-state index contributed by atoms with van der Waals surface area (Å²) in [6.45, 7) is 1.56. The fourth-order valence-electron chi connectivity index (χ4n) is 3.95. The first kappa shape index (κ1) is 26.3. The number of amides is 2. The lowest BCUT2D eigenvalue weighted by Gasteiger charge is -2.49. The molecular formula is C23H25N3O10S. The number of esters is 3. The molecule has 0 spiro atoms. The minimum Gasteiger partial charge on any atom is -0.461 e. The van der Waals surface area contributed by atoms with E-state index in [0.717, 1.165) is 6.92 Å². The van der Waals surface area contributed by atoms with Crippen LogP contribution >= 0.6 is 11.8 Å². The van der Waals surface area contributed by atoms with E-state index >= 15 is 0 Å². The zero-order valence-electron chi connectivity index (χ0n) is 20.0. The van der Waals surface area contributed by atoms with Crippen LogP contribution in [0.25, 0.3) is 0 Å². The number of hydrogen-bond donors (Lipinski definition) is 2. The molecule has 3 aliphatic heterocycles. The van der Waals surface area contributed by atoms with Crippen molar-refractivity contribution in [3.63, 3.8) is 0 Å². The Hall–Kier alpha value is -3.78. The second kappa shape index (κ2) is 11.1. The average molecular weight is 536 g/mol. The van der Waals surface area contributed by atoms with Crippen molar-refractivity contribution in [2.45, 2.75) is 37.7 Å². The zero-order valence-corrected chi connectivity index (χ0v) is 20.8. The lowest BCUT2D eigenvalue weighted by Crippen LogP contribution is -2.71. The molecule has 4 rings (SSSR count). The van der Waals surface area contributed by atoms with Crippen LogP contribution < -0.4 is 20.5 Å². The number of para-hydroxylation sites is 1. The smallest absolute Gasteiger partial charge is 0.358 e. The molecule has 3 N–H and O–H groups in total. The van der Waals surface area contributed by atoms with E-state index in [0.29, 0.717) is 22.6 Å². The van der Waals surface area contributed by atoms with Crippen LogP contribution in [0, 0.1) is 0 Å². The molecule has 37 heavy (non-hydrogen) atoms. The van der Waals surface area contributed by atoms with E-state index in [-0.39, 0.29) is 31.3 Å². The molecule has 1 aromatic rings. The maximum atomic E-state index is 13.0. The van der Waals surface area contributed by atoms with Gasteiger partial charge in [-0.2, -0.15) is 0 Å². The van der Waals surface area contributed by atoms with E-state index in [1.165, 1.54) is 23.6 Å². The number of ether oxygens (including phenoxy) is 5. The van der Waals surface area contributed by atoms with Crippen molar-refractivity contribution in [2.75, 3.05) is 25.9 Å². The van der Waals surface area contributed by atoms with Crippen LogP contribution in [0.5, 0.6) is 11.5 Å². The van der Waals surface area contributed by atoms with Crippen molar-refractivity contribution in [1.82, 2.24) is 10.2 Å². The standard InChI is InChI=1S/C23H25N3O10S/c1-11(27)32-7-14-8-37-22-17(21(30)26(22)18(14)23(31)36-9-33-12(2)28)25-20(29)15(24)6-13-4-3-5-16-19(13)35-10-34-16/h3-5,15,17,22H,6-10,24H2,1-2H3,(H,25,29)/t15?,17-,22-/m1/s1.